The van der Waals surface area contributed by atoms with Crippen molar-refractivity contribution in [2.45, 2.75) is 31.7 Å². The van der Waals surface area contributed by atoms with Crippen molar-refractivity contribution < 1.29 is 24.4 Å². The molecule has 1 heterocycles. The molecule has 0 bridgehead atoms. The fourth-order valence-electron chi connectivity index (χ4n) is 1.67. The number of hydrogen-bond donors (Lipinski definition) is 3. The fraction of sp³-hybridized carbons (Fsp3) is 0.556. The predicted octanol–water partition coefficient (Wildman–Crippen LogP) is -1.73. The van der Waals surface area contributed by atoms with E-state index in [0.717, 1.165) is 4.90 Å². The normalized spacial score (nSPS) is 17.1. The SMILES string of the molecule is NC(=O)CCC(C(=O)NO)N1C(=O)CCC1=O. The third-order valence-corrected chi connectivity index (χ3v) is 2.48. The van der Waals surface area contributed by atoms with Crippen LogP contribution in [0.25, 0.3) is 0 Å². The molecular weight excluding hydrogens is 230 g/mol. The lowest BCUT2D eigenvalue weighted by Crippen LogP contribution is -2.49. The second-order valence-corrected chi connectivity index (χ2v) is 3.65. The van der Waals surface area contributed by atoms with Gasteiger partial charge in [0.1, 0.15) is 6.04 Å². The molecule has 1 unspecified atom stereocenters. The van der Waals surface area contributed by atoms with Gasteiger partial charge in [0.05, 0.1) is 0 Å². The molecule has 0 spiro atoms. The summed E-state index contributed by atoms with van der Waals surface area (Å²) in [5, 5.41) is 8.54. The molecule has 1 atom stereocenters. The number of rotatable bonds is 5. The van der Waals surface area contributed by atoms with E-state index >= 15 is 0 Å². The van der Waals surface area contributed by atoms with Crippen LogP contribution >= 0.6 is 0 Å². The Hall–Kier alpha value is -1.96. The molecule has 4 N–H and O–H groups in total. The number of nitrogens with zero attached hydrogens (tertiary/aromatic N) is 1. The molecule has 1 aliphatic rings. The van der Waals surface area contributed by atoms with Crippen molar-refractivity contribution in [2.75, 3.05) is 0 Å². The molecule has 1 aliphatic heterocycles. The Kier molecular flexibility index (Phi) is 4.16. The van der Waals surface area contributed by atoms with E-state index in [1.807, 2.05) is 0 Å². The maximum absolute atomic E-state index is 11.4. The van der Waals surface area contributed by atoms with E-state index in [1.165, 1.54) is 5.48 Å². The maximum Gasteiger partial charge on any atom is 0.266 e. The highest BCUT2D eigenvalue weighted by Crippen LogP contribution is 2.18. The first-order chi connectivity index (χ1) is 7.97. The molecule has 17 heavy (non-hydrogen) atoms. The molecule has 1 rings (SSSR count). The van der Waals surface area contributed by atoms with Crippen LogP contribution in [0.3, 0.4) is 0 Å². The molecule has 8 nitrogen and oxygen atoms in total. The monoisotopic (exact) mass is 243 g/mol. The highest BCUT2D eigenvalue weighted by atomic mass is 16.5. The molecule has 0 aromatic rings. The third-order valence-electron chi connectivity index (χ3n) is 2.48. The van der Waals surface area contributed by atoms with Crippen LogP contribution < -0.4 is 11.2 Å². The lowest BCUT2D eigenvalue weighted by Gasteiger charge is -2.23. The highest BCUT2D eigenvalue weighted by molar-refractivity contribution is 6.05. The van der Waals surface area contributed by atoms with E-state index in [2.05, 4.69) is 0 Å². The third kappa shape index (κ3) is 3.00. The highest BCUT2D eigenvalue weighted by Gasteiger charge is 2.38. The number of imide groups is 1. The summed E-state index contributed by atoms with van der Waals surface area (Å²) < 4.78 is 0. The minimum absolute atomic E-state index is 0.0324. The molecule has 0 aromatic heterocycles. The van der Waals surface area contributed by atoms with Gasteiger partial charge < -0.3 is 5.73 Å². The zero-order valence-electron chi connectivity index (χ0n) is 9.01. The first-order valence-electron chi connectivity index (χ1n) is 5.04. The zero-order valence-corrected chi connectivity index (χ0v) is 9.01. The van der Waals surface area contributed by atoms with Gasteiger partial charge >= 0.3 is 0 Å². The van der Waals surface area contributed by atoms with Crippen molar-refractivity contribution >= 4 is 23.6 Å². The molecule has 8 heteroatoms. The van der Waals surface area contributed by atoms with Crippen molar-refractivity contribution in [1.29, 1.82) is 0 Å². The molecule has 4 amide bonds. The summed E-state index contributed by atoms with van der Waals surface area (Å²) in [7, 11) is 0. The van der Waals surface area contributed by atoms with Crippen LogP contribution in [0.5, 0.6) is 0 Å². The Morgan fingerprint density at radius 3 is 2.29 bits per heavy atom. The van der Waals surface area contributed by atoms with Gasteiger partial charge in [0.2, 0.25) is 17.7 Å². The summed E-state index contributed by atoms with van der Waals surface area (Å²) in [6.07, 6.45) is -0.191. The van der Waals surface area contributed by atoms with E-state index < -0.39 is 29.7 Å². The van der Waals surface area contributed by atoms with Crippen LogP contribution in [0.1, 0.15) is 25.7 Å². The smallest absolute Gasteiger partial charge is 0.266 e. The van der Waals surface area contributed by atoms with Crippen molar-refractivity contribution in [3.63, 3.8) is 0 Å². The Labute approximate surface area is 96.7 Å². The molecule has 94 valence electrons. The Bertz CT molecular complexity index is 352. The number of nitrogens with two attached hydrogens (primary N) is 1. The van der Waals surface area contributed by atoms with Crippen molar-refractivity contribution in [1.82, 2.24) is 10.4 Å². The molecule has 1 fully saturated rings. The zero-order chi connectivity index (χ0) is 13.0. The lowest BCUT2D eigenvalue weighted by atomic mass is 10.1. The number of carbonyl (C=O) groups excluding carboxylic acids is 4. The summed E-state index contributed by atoms with van der Waals surface area (Å²) in [5.74, 6) is -2.55. The van der Waals surface area contributed by atoms with Gasteiger partial charge in [-0.1, -0.05) is 0 Å². The van der Waals surface area contributed by atoms with Crippen molar-refractivity contribution in [3.8, 4) is 0 Å². The second-order valence-electron chi connectivity index (χ2n) is 3.65. The van der Waals surface area contributed by atoms with Crippen LogP contribution in [-0.2, 0) is 19.2 Å². The Morgan fingerprint density at radius 1 is 1.35 bits per heavy atom. The quantitative estimate of drug-likeness (QED) is 0.300. The van der Waals surface area contributed by atoms with Crippen molar-refractivity contribution in [3.05, 3.63) is 0 Å². The van der Waals surface area contributed by atoms with Gasteiger partial charge in [-0.15, -0.1) is 0 Å². The minimum atomic E-state index is -1.19. The number of hydrogen-bond acceptors (Lipinski definition) is 5. The molecule has 0 aromatic carbocycles. The van der Waals surface area contributed by atoms with Gasteiger partial charge in [-0.05, 0) is 6.42 Å². The summed E-state index contributed by atoms with van der Waals surface area (Å²) in [5.41, 5.74) is 6.30. The molecule has 0 aliphatic carbocycles. The van der Waals surface area contributed by atoms with Crippen LogP contribution in [0.15, 0.2) is 0 Å². The van der Waals surface area contributed by atoms with Gasteiger partial charge in [-0.2, -0.15) is 0 Å². The number of primary amides is 1. The van der Waals surface area contributed by atoms with Gasteiger partial charge in [0.25, 0.3) is 5.91 Å². The summed E-state index contributed by atoms with van der Waals surface area (Å²) in [6.45, 7) is 0. The molecule has 0 radical (unpaired) electrons. The van der Waals surface area contributed by atoms with Crippen LogP contribution in [0, 0.1) is 0 Å². The van der Waals surface area contributed by atoms with E-state index in [9.17, 15) is 19.2 Å². The fourth-order valence-corrected chi connectivity index (χ4v) is 1.67. The number of carbonyl (C=O) groups is 4. The standard InChI is InChI=1S/C9H13N3O5/c10-6(13)2-1-5(9(16)11-17)12-7(14)3-4-8(12)15/h5,17H,1-4H2,(H2,10,13)(H,11,16). The lowest BCUT2D eigenvalue weighted by molar-refractivity contribution is -0.150. The topological polar surface area (TPSA) is 130 Å². The van der Waals surface area contributed by atoms with Gasteiger partial charge in [-0.25, -0.2) is 5.48 Å². The number of amides is 4. The number of nitrogens with one attached hydrogen (secondary N) is 1. The molecule has 1 saturated heterocycles. The van der Waals surface area contributed by atoms with E-state index in [-0.39, 0.29) is 25.7 Å². The first-order valence-corrected chi connectivity index (χ1v) is 5.04. The Morgan fingerprint density at radius 2 is 1.88 bits per heavy atom. The summed E-state index contributed by atoms with van der Waals surface area (Å²) >= 11 is 0. The summed E-state index contributed by atoms with van der Waals surface area (Å²) in [4.78, 5) is 45.6. The average Bonchev–Trinajstić information content (AvgIpc) is 2.60. The van der Waals surface area contributed by atoms with Crippen LogP contribution in [-0.4, -0.2) is 39.8 Å². The van der Waals surface area contributed by atoms with Crippen LogP contribution in [0.2, 0.25) is 0 Å². The van der Waals surface area contributed by atoms with E-state index in [1.54, 1.807) is 0 Å². The molecular formula is C9H13N3O5. The molecule has 0 saturated carbocycles. The largest absolute Gasteiger partial charge is 0.370 e. The summed E-state index contributed by atoms with van der Waals surface area (Å²) in [6, 6.07) is -1.19. The second kappa shape index (κ2) is 5.39. The maximum atomic E-state index is 11.4. The Balaban J connectivity index is 2.81. The van der Waals surface area contributed by atoms with Crippen LogP contribution in [0.4, 0.5) is 0 Å². The average molecular weight is 243 g/mol. The predicted molar refractivity (Wildman–Crippen MR) is 53.2 cm³/mol. The van der Waals surface area contributed by atoms with Gasteiger partial charge in [0, 0.05) is 19.3 Å². The van der Waals surface area contributed by atoms with Crippen molar-refractivity contribution in [2.24, 2.45) is 5.73 Å². The van der Waals surface area contributed by atoms with Gasteiger partial charge in [-0.3, -0.25) is 29.3 Å². The minimum Gasteiger partial charge on any atom is -0.370 e. The number of likely N-dealkylation sites (tertiary alicyclic amines) is 1. The van der Waals surface area contributed by atoms with Gasteiger partial charge in [0.15, 0.2) is 0 Å². The van der Waals surface area contributed by atoms with E-state index in [0.29, 0.717) is 0 Å². The van der Waals surface area contributed by atoms with E-state index in [4.69, 9.17) is 10.9 Å². The first kappa shape index (κ1) is 13.1. The number of hydroxylamine groups is 1.